The summed E-state index contributed by atoms with van der Waals surface area (Å²) in [6.07, 6.45) is 25.1. The summed E-state index contributed by atoms with van der Waals surface area (Å²) in [6, 6.07) is 15.8. The van der Waals surface area contributed by atoms with Crippen LogP contribution in [-0.4, -0.2) is 23.8 Å². The van der Waals surface area contributed by atoms with E-state index in [-0.39, 0.29) is 11.9 Å². The van der Waals surface area contributed by atoms with E-state index in [9.17, 15) is 4.79 Å². The van der Waals surface area contributed by atoms with E-state index in [1.165, 1.54) is 89.9 Å². The molecule has 2 unspecified atom stereocenters. The maximum atomic E-state index is 13.0. The fourth-order valence-corrected chi connectivity index (χ4v) is 12.3. The van der Waals surface area contributed by atoms with Crippen molar-refractivity contribution < 1.29 is 14.3 Å². The van der Waals surface area contributed by atoms with Crippen LogP contribution in [0, 0.1) is 52.3 Å². The number of halogens is 1. The predicted molar refractivity (Wildman–Crippen MR) is 221 cm³/mol. The van der Waals surface area contributed by atoms with Crippen molar-refractivity contribution in [1.29, 1.82) is 0 Å². The van der Waals surface area contributed by atoms with Crippen molar-refractivity contribution in [3.05, 3.63) is 65.7 Å². The first-order chi connectivity index (χ1) is 25.1. The minimum absolute atomic E-state index is 0.0123. The van der Waals surface area contributed by atoms with Gasteiger partial charge in [0.15, 0.2) is 5.78 Å². The molecule has 0 spiro atoms. The van der Waals surface area contributed by atoms with Crippen molar-refractivity contribution in [2.45, 2.75) is 143 Å². The van der Waals surface area contributed by atoms with E-state index in [0.717, 1.165) is 83.3 Å². The van der Waals surface area contributed by atoms with Crippen LogP contribution in [0.4, 0.5) is 0 Å². The van der Waals surface area contributed by atoms with Gasteiger partial charge < -0.3 is 9.47 Å². The molecule has 3 nitrogen and oxygen atoms in total. The van der Waals surface area contributed by atoms with Crippen molar-refractivity contribution in [2.24, 2.45) is 52.3 Å². The molecular weight excluding hydrogens is 704 g/mol. The topological polar surface area (TPSA) is 35.5 Å². The van der Waals surface area contributed by atoms with Gasteiger partial charge in [-0.15, -0.1) is 0 Å². The second kappa shape index (κ2) is 18.0. The average molecular weight is 774 g/mol. The molecule has 0 aliphatic heterocycles. The molecule has 0 heterocycles. The number of rotatable bonds is 17. The first-order valence-electron chi connectivity index (χ1n) is 21.4. The number of hydrogen-bond acceptors (Lipinski definition) is 3. The van der Waals surface area contributed by atoms with Crippen molar-refractivity contribution in [3.63, 3.8) is 0 Å². The number of unbranched alkanes of at least 4 members (excludes halogenated alkanes) is 3. The van der Waals surface area contributed by atoms with Crippen LogP contribution in [0.25, 0.3) is 6.08 Å². The zero-order valence-corrected chi connectivity index (χ0v) is 34.8. The largest absolute Gasteiger partial charge is 0.494 e. The zero-order valence-electron chi connectivity index (χ0n) is 33.2. The fraction of sp³-hybridized carbons (Fsp3) is 0.688. The lowest BCUT2D eigenvalue weighted by molar-refractivity contribution is -0.126. The Hall–Kier alpha value is -2.07. The molecule has 4 heteroatoms. The molecule has 52 heavy (non-hydrogen) atoms. The number of fused-ring (bicyclic) bond motifs is 5. The third-order valence-electron chi connectivity index (χ3n) is 14.9. The Morgan fingerprint density at radius 1 is 0.788 bits per heavy atom. The van der Waals surface area contributed by atoms with Gasteiger partial charge in [-0.1, -0.05) is 101 Å². The molecule has 0 aromatic heterocycles. The number of alkyl halides is 1. The summed E-state index contributed by atoms with van der Waals surface area (Å²) in [7, 11) is 0. The van der Waals surface area contributed by atoms with E-state index in [2.05, 4.69) is 50.5 Å². The maximum Gasteiger partial charge on any atom is 0.185 e. The van der Waals surface area contributed by atoms with Crippen LogP contribution in [0.15, 0.2) is 54.6 Å². The van der Waals surface area contributed by atoms with Gasteiger partial charge in [-0.05, 0) is 171 Å². The lowest BCUT2D eigenvalue weighted by Gasteiger charge is -2.61. The highest BCUT2D eigenvalue weighted by Crippen LogP contribution is 2.68. The third-order valence-corrected chi connectivity index (χ3v) is 15.4. The molecular formula is C48H69BrO3. The summed E-state index contributed by atoms with van der Waals surface area (Å²) in [6.45, 7) is 13.5. The van der Waals surface area contributed by atoms with Crippen molar-refractivity contribution in [1.82, 2.24) is 0 Å². The van der Waals surface area contributed by atoms with Gasteiger partial charge in [0.05, 0.1) is 12.7 Å². The Morgan fingerprint density at radius 2 is 1.50 bits per heavy atom. The van der Waals surface area contributed by atoms with E-state index >= 15 is 0 Å². The standard InChI is InChI=1S/C48H69BrO3/c1-34(2)11-10-12-35(3)43-24-25-44-42-23-18-38-33-41(27-29-47(38,4)45(42)28-30-48(43,44)5)52-40-21-16-37(17-22-40)46(50)26-15-36-13-19-39(20-14-36)51-32-9-7-6-8-31-49/h13-17,19-22,26,34-35,38,41-45H,6-12,18,23-25,27-33H2,1-5H3/b26-15+/t35-,38?,41?,42+,43-,44+,45+,47+,48-/m1/s1. The molecule has 0 bridgehead atoms. The molecule has 286 valence electrons. The Kier molecular flexibility index (Phi) is 13.7. The number of benzene rings is 2. The monoisotopic (exact) mass is 772 g/mol. The van der Waals surface area contributed by atoms with Crippen molar-refractivity contribution in [3.8, 4) is 11.5 Å². The summed E-state index contributed by atoms with van der Waals surface area (Å²) >= 11 is 3.49. The van der Waals surface area contributed by atoms with Crippen LogP contribution in [0.5, 0.6) is 11.5 Å². The van der Waals surface area contributed by atoms with Crippen molar-refractivity contribution in [2.75, 3.05) is 11.9 Å². The number of allylic oxidation sites excluding steroid dienone is 1. The van der Waals surface area contributed by atoms with Crippen LogP contribution >= 0.6 is 15.9 Å². The summed E-state index contributed by atoms with van der Waals surface area (Å²) < 4.78 is 12.5. The van der Waals surface area contributed by atoms with E-state index in [1.807, 2.05) is 54.6 Å². The van der Waals surface area contributed by atoms with Gasteiger partial charge in [0.1, 0.15) is 11.5 Å². The Labute approximate surface area is 325 Å². The highest BCUT2D eigenvalue weighted by Gasteiger charge is 2.60. The first-order valence-corrected chi connectivity index (χ1v) is 22.5. The summed E-state index contributed by atoms with van der Waals surface area (Å²) in [5, 5.41) is 1.07. The summed E-state index contributed by atoms with van der Waals surface area (Å²) in [4.78, 5) is 13.0. The molecule has 0 saturated heterocycles. The number of carbonyl (C=O) groups is 1. The minimum Gasteiger partial charge on any atom is -0.494 e. The molecule has 9 atom stereocenters. The molecule has 2 aromatic rings. The van der Waals surface area contributed by atoms with Gasteiger partial charge in [0.2, 0.25) is 0 Å². The minimum atomic E-state index is 0.0123. The zero-order chi connectivity index (χ0) is 36.7. The molecule has 2 aromatic carbocycles. The van der Waals surface area contributed by atoms with E-state index in [4.69, 9.17) is 9.47 Å². The van der Waals surface area contributed by atoms with Crippen LogP contribution in [0.1, 0.15) is 153 Å². The highest BCUT2D eigenvalue weighted by atomic mass is 79.9. The highest BCUT2D eigenvalue weighted by molar-refractivity contribution is 9.09. The van der Waals surface area contributed by atoms with Gasteiger partial charge in [-0.3, -0.25) is 4.79 Å². The molecule has 4 fully saturated rings. The third kappa shape index (κ3) is 9.23. The Balaban J connectivity index is 0.969. The van der Waals surface area contributed by atoms with Gasteiger partial charge in [-0.2, -0.15) is 0 Å². The first kappa shape index (κ1) is 39.6. The van der Waals surface area contributed by atoms with E-state index in [0.29, 0.717) is 16.4 Å². The Bertz CT molecular complexity index is 1450. The molecule has 0 N–H and O–H groups in total. The number of hydrogen-bond donors (Lipinski definition) is 0. The second-order valence-corrected chi connectivity index (χ2v) is 19.2. The van der Waals surface area contributed by atoms with Crippen LogP contribution in [-0.2, 0) is 0 Å². The number of ketones is 1. The predicted octanol–water partition coefficient (Wildman–Crippen LogP) is 13.8. The fourth-order valence-electron chi connectivity index (χ4n) is 11.9. The van der Waals surface area contributed by atoms with E-state index < -0.39 is 0 Å². The number of carbonyl (C=O) groups excluding carboxylic acids is 1. The smallest absolute Gasteiger partial charge is 0.185 e. The van der Waals surface area contributed by atoms with Gasteiger partial charge in [0.25, 0.3) is 0 Å². The van der Waals surface area contributed by atoms with Gasteiger partial charge in [0, 0.05) is 10.9 Å². The lowest BCUT2D eigenvalue weighted by atomic mass is 9.44. The molecule has 4 aliphatic carbocycles. The van der Waals surface area contributed by atoms with Crippen molar-refractivity contribution >= 4 is 27.8 Å². The quantitative estimate of drug-likeness (QED) is 0.0695. The molecule has 0 radical (unpaired) electrons. The van der Waals surface area contributed by atoms with Crippen LogP contribution in [0.2, 0.25) is 0 Å². The summed E-state index contributed by atoms with van der Waals surface area (Å²) in [5.74, 6) is 7.99. The molecule has 4 aliphatic rings. The Morgan fingerprint density at radius 3 is 2.25 bits per heavy atom. The molecule has 0 amide bonds. The molecule has 4 saturated carbocycles. The SMILES string of the molecule is CC(C)CCC[C@@H](C)[C@H]1CC[C@H]2[C@@H]3CCC4CC(Oc5ccc(C(=O)/C=C/c6ccc(OCCCCCCBr)cc6)cc5)CC[C@]4(C)[C@H]3CC[C@]12C. The normalized spacial score (nSPS) is 31.9. The van der Waals surface area contributed by atoms with Gasteiger partial charge in [-0.25, -0.2) is 0 Å². The van der Waals surface area contributed by atoms with E-state index in [1.54, 1.807) is 6.08 Å². The number of ether oxygens (including phenoxy) is 2. The van der Waals surface area contributed by atoms with Crippen LogP contribution in [0.3, 0.4) is 0 Å². The molecule has 6 rings (SSSR count). The van der Waals surface area contributed by atoms with Crippen LogP contribution < -0.4 is 9.47 Å². The van der Waals surface area contributed by atoms with Gasteiger partial charge >= 0.3 is 0 Å². The maximum absolute atomic E-state index is 13.0. The second-order valence-electron chi connectivity index (χ2n) is 18.4. The summed E-state index contributed by atoms with van der Waals surface area (Å²) in [5.41, 5.74) is 2.72. The lowest BCUT2D eigenvalue weighted by Crippen LogP contribution is -2.54. The average Bonchev–Trinajstić information content (AvgIpc) is 3.50.